The molecule has 1 aromatic heterocycles. The van der Waals surface area contributed by atoms with Gasteiger partial charge in [-0.1, -0.05) is 12.1 Å². The van der Waals surface area contributed by atoms with E-state index in [0.29, 0.717) is 16.5 Å². The quantitative estimate of drug-likeness (QED) is 0.603. The maximum Gasteiger partial charge on any atom is 0.229 e. The molecule has 4 nitrogen and oxygen atoms in total. The second-order valence-electron chi connectivity index (χ2n) is 2.57. The smallest absolute Gasteiger partial charge is 0.229 e. The van der Waals surface area contributed by atoms with E-state index in [4.69, 9.17) is 5.73 Å². The van der Waals surface area contributed by atoms with E-state index in [2.05, 4.69) is 15.2 Å². The highest BCUT2D eigenvalue weighted by Crippen LogP contribution is 2.24. The van der Waals surface area contributed by atoms with Gasteiger partial charge in [0.25, 0.3) is 0 Å². The molecule has 1 heterocycles. The van der Waals surface area contributed by atoms with Gasteiger partial charge in [-0.3, -0.25) is 0 Å². The Labute approximate surface area is 85.1 Å². The normalized spacial score (nSPS) is 10.9. The van der Waals surface area contributed by atoms with Crippen LogP contribution in [-0.4, -0.2) is 4.98 Å². The fourth-order valence-corrected chi connectivity index (χ4v) is 1.39. The van der Waals surface area contributed by atoms with E-state index in [-0.39, 0.29) is 0 Å². The first-order valence-corrected chi connectivity index (χ1v) is 4.90. The highest BCUT2D eigenvalue weighted by atomic mass is 32.1. The fraction of sp³-hybridized carbons (Fsp3) is 0. The van der Waals surface area contributed by atoms with Crippen LogP contribution in [0.1, 0.15) is 0 Å². The molecular weight excluding hydrogens is 196 g/mol. The molecule has 70 valence electrons. The molecule has 0 spiro atoms. The third kappa shape index (κ3) is 1.94. The minimum Gasteiger partial charge on any atom is -0.397 e. The molecule has 14 heavy (non-hydrogen) atoms. The van der Waals surface area contributed by atoms with Crippen molar-refractivity contribution in [1.82, 2.24) is 4.98 Å². The van der Waals surface area contributed by atoms with Crippen molar-refractivity contribution in [1.29, 1.82) is 0 Å². The molecule has 0 amide bonds. The minimum atomic E-state index is 0.618. The third-order valence-electron chi connectivity index (χ3n) is 1.60. The minimum absolute atomic E-state index is 0.618. The Morgan fingerprint density at radius 3 is 2.79 bits per heavy atom. The van der Waals surface area contributed by atoms with Crippen LogP contribution in [0.15, 0.2) is 46.1 Å². The number of thiazole rings is 1. The summed E-state index contributed by atoms with van der Waals surface area (Å²) in [5.41, 5.74) is 6.98. The van der Waals surface area contributed by atoms with Crippen LogP contribution in [-0.2, 0) is 0 Å². The summed E-state index contributed by atoms with van der Waals surface area (Å²) in [7, 11) is 0. The topological polar surface area (TPSA) is 63.6 Å². The molecule has 1 aromatic carbocycles. The van der Waals surface area contributed by atoms with Crippen LogP contribution < -0.4 is 5.73 Å². The highest BCUT2D eigenvalue weighted by molar-refractivity contribution is 7.13. The van der Waals surface area contributed by atoms with Gasteiger partial charge >= 0.3 is 0 Å². The van der Waals surface area contributed by atoms with E-state index >= 15 is 0 Å². The van der Waals surface area contributed by atoms with Crippen molar-refractivity contribution < 1.29 is 0 Å². The predicted molar refractivity (Wildman–Crippen MR) is 57.1 cm³/mol. The maximum absolute atomic E-state index is 5.69. The van der Waals surface area contributed by atoms with E-state index in [1.807, 2.05) is 23.6 Å². The number of hydrogen-bond donors (Lipinski definition) is 1. The molecule has 2 N–H and O–H groups in total. The first kappa shape index (κ1) is 8.83. The summed E-state index contributed by atoms with van der Waals surface area (Å²) in [6.45, 7) is 0. The molecule has 0 radical (unpaired) electrons. The van der Waals surface area contributed by atoms with E-state index in [1.165, 1.54) is 11.3 Å². The van der Waals surface area contributed by atoms with Crippen molar-refractivity contribution in [2.24, 2.45) is 10.2 Å². The number of nitrogens with two attached hydrogens (primary N) is 1. The average Bonchev–Trinajstić information content (AvgIpc) is 2.69. The van der Waals surface area contributed by atoms with E-state index in [1.54, 1.807) is 12.3 Å². The third-order valence-corrected chi connectivity index (χ3v) is 2.25. The van der Waals surface area contributed by atoms with Crippen LogP contribution in [0.3, 0.4) is 0 Å². The summed E-state index contributed by atoms with van der Waals surface area (Å²) in [4.78, 5) is 3.98. The summed E-state index contributed by atoms with van der Waals surface area (Å²) in [5.74, 6) is 0. The Hall–Kier alpha value is -1.75. The number of azo groups is 1. The zero-order valence-corrected chi connectivity index (χ0v) is 8.11. The molecule has 0 atom stereocenters. The van der Waals surface area contributed by atoms with Crippen LogP contribution in [0.4, 0.5) is 16.5 Å². The molecule has 0 aliphatic rings. The largest absolute Gasteiger partial charge is 0.397 e. The summed E-state index contributed by atoms with van der Waals surface area (Å²) >= 11 is 1.44. The van der Waals surface area contributed by atoms with Crippen LogP contribution in [0.2, 0.25) is 0 Å². The number of nitrogens with zero attached hydrogens (tertiary/aromatic N) is 3. The SMILES string of the molecule is Nc1ccccc1/N=N/c1nccs1. The van der Waals surface area contributed by atoms with Gasteiger partial charge in [-0.25, -0.2) is 4.98 Å². The Balaban J connectivity index is 2.23. The van der Waals surface area contributed by atoms with Crippen molar-refractivity contribution in [3.8, 4) is 0 Å². The van der Waals surface area contributed by atoms with Gasteiger partial charge in [0.05, 0.1) is 5.69 Å². The van der Waals surface area contributed by atoms with Crippen molar-refractivity contribution in [2.45, 2.75) is 0 Å². The number of hydrogen-bond acceptors (Lipinski definition) is 5. The van der Waals surface area contributed by atoms with Gasteiger partial charge in [0.1, 0.15) is 5.69 Å². The molecule has 0 unspecified atom stereocenters. The number of benzene rings is 1. The number of para-hydroxylation sites is 1. The summed E-state index contributed by atoms with van der Waals surface area (Å²) in [5, 5.41) is 10.4. The monoisotopic (exact) mass is 204 g/mol. The standard InChI is InChI=1S/C9H8N4S/c10-7-3-1-2-4-8(7)12-13-9-11-5-6-14-9/h1-6H,10H2/b13-12+. The lowest BCUT2D eigenvalue weighted by atomic mass is 10.3. The lowest BCUT2D eigenvalue weighted by Gasteiger charge is -1.95. The highest BCUT2D eigenvalue weighted by Gasteiger charge is 1.95. The summed E-state index contributed by atoms with van der Waals surface area (Å²) in [6, 6.07) is 7.33. The van der Waals surface area contributed by atoms with Crippen molar-refractivity contribution in [3.05, 3.63) is 35.8 Å². The van der Waals surface area contributed by atoms with Crippen molar-refractivity contribution >= 4 is 27.8 Å². The van der Waals surface area contributed by atoms with Crippen LogP contribution in [0.5, 0.6) is 0 Å². The number of aromatic nitrogens is 1. The average molecular weight is 204 g/mol. The molecular formula is C9H8N4S. The zero-order chi connectivity index (χ0) is 9.80. The predicted octanol–water partition coefficient (Wildman–Crippen LogP) is 3.14. The van der Waals surface area contributed by atoms with Gasteiger partial charge in [-0.05, 0) is 12.1 Å². The first-order valence-electron chi connectivity index (χ1n) is 4.02. The van der Waals surface area contributed by atoms with Gasteiger partial charge < -0.3 is 5.73 Å². The maximum atomic E-state index is 5.69. The molecule has 5 heteroatoms. The van der Waals surface area contributed by atoms with E-state index in [0.717, 1.165) is 0 Å². The molecule has 0 saturated carbocycles. The molecule has 0 aliphatic heterocycles. The van der Waals surface area contributed by atoms with Crippen LogP contribution in [0, 0.1) is 0 Å². The summed E-state index contributed by atoms with van der Waals surface area (Å²) in [6.07, 6.45) is 1.69. The fourth-order valence-electron chi connectivity index (χ4n) is 0.941. The number of nitrogen functional groups attached to an aromatic ring is 1. The Bertz CT molecular complexity index is 436. The molecule has 0 saturated heterocycles. The second kappa shape index (κ2) is 3.97. The van der Waals surface area contributed by atoms with E-state index in [9.17, 15) is 0 Å². The Morgan fingerprint density at radius 2 is 2.07 bits per heavy atom. The molecule has 2 aromatic rings. The molecule has 0 bridgehead atoms. The lowest BCUT2D eigenvalue weighted by molar-refractivity contribution is 1.20. The number of rotatable bonds is 2. The summed E-state index contributed by atoms with van der Waals surface area (Å²) < 4.78 is 0. The lowest BCUT2D eigenvalue weighted by Crippen LogP contribution is -1.82. The zero-order valence-electron chi connectivity index (χ0n) is 7.29. The van der Waals surface area contributed by atoms with Crippen molar-refractivity contribution in [3.63, 3.8) is 0 Å². The second-order valence-corrected chi connectivity index (χ2v) is 3.45. The van der Waals surface area contributed by atoms with Gasteiger partial charge in [0.2, 0.25) is 5.13 Å². The Morgan fingerprint density at radius 1 is 1.21 bits per heavy atom. The first-order chi connectivity index (χ1) is 6.86. The van der Waals surface area contributed by atoms with Crippen molar-refractivity contribution in [2.75, 3.05) is 5.73 Å². The molecule has 0 fully saturated rings. The van der Waals surface area contributed by atoms with Crippen LogP contribution in [0.25, 0.3) is 0 Å². The van der Waals surface area contributed by atoms with Gasteiger partial charge in [0.15, 0.2) is 0 Å². The van der Waals surface area contributed by atoms with Gasteiger partial charge in [-0.2, -0.15) is 0 Å². The van der Waals surface area contributed by atoms with Gasteiger partial charge in [-0.15, -0.1) is 21.6 Å². The van der Waals surface area contributed by atoms with Gasteiger partial charge in [0, 0.05) is 11.6 Å². The molecule has 2 rings (SSSR count). The number of anilines is 1. The Kier molecular flexibility index (Phi) is 2.51. The molecule has 0 aliphatic carbocycles. The van der Waals surface area contributed by atoms with E-state index < -0.39 is 0 Å². The van der Waals surface area contributed by atoms with Crippen LogP contribution >= 0.6 is 11.3 Å².